The Kier molecular flexibility index (Phi) is 9.51. The minimum Gasteiger partial charge on any atom is -0.762 e. The van der Waals surface area contributed by atoms with Crippen molar-refractivity contribution in [1.82, 2.24) is 0 Å². The number of rotatable bonds is 6. The van der Waals surface area contributed by atoms with Crippen LogP contribution in [0.5, 0.6) is 0 Å². The van der Waals surface area contributed by atoms with Crippen LogP contribution >= 0.6 is 34.0 Å². The summed E-state index contributed by atoms with van der Waals surface area (Å²) in [5.74, 6) is 3.88. The van der Waals surface area contributed by atoms with Crippen molar-refractivity contribution in [2.45, 2.75) is 0 Å². The molecule has 6 aromatic rings. The highest BCUT2D eigenvalue weighted by Gasteiger charge is 2.15. The fourth-order valence-electron chi connectivity index (χ4n) is 5.11. The van der Waals surface area contributed by atoms with Crippen LogP contribution in [0.4, 0.5) is 0 Å². The maximum atomic E-state index is 9.25. The molecule has 0 fully saturated rings. The molecule has 0 aliphatic carbocycles. The SMILES string of the molecule is N#CC(=C=[N-])c1ccc(-c2ccc(C(c3ccc(-c4ccc(C(=C=[N-])C#N)cc4)s3)=c3ccc(=c4ccc(=C(C#N)C#N)cc4)s3)s2)cc1. The van der Waals surface area contributed by atoms with E-state index in [1.54, 1.807) is 70.4 Å². The topological polar surface area (TPSA) is 140 Å². The quantitative estimate of drug-likeness (QED) is 0.129. The molecule has 0 aliphatic heterocycles. The van der Waals surface area contributed by atoms with Gasteiger partial charge in [-0.25, -0.2) is 11.7 Å². The van der Waals surface area contributed by atoms with Gasteiger partial charge in [-0.15, -0.1) is 34.0 Å². The molecule has 0 saturated heterocycles. The van der Waals surface area contributed by atoms with Crippen LogP contribution in [0, 0.1) is 55.1 Å². The van der Waals surface area contributed by atoms with Gasteiger partial charge in [0.15, 0.2) is 0 Å². The predicted octanol–water partition coefficient (Wildman–Crippen LogP) is 8.23. The normalized spacial score (nSPS) is 9.96. The Balaban J connectivity index is 1.48. The molecule has 0 N–H and O–H groups in total. The summed E-state index contributed by atoms with van der Waals surface area (Å²) >= 11 is 4.95. The smallest absolute Gasteiger partial charge is 0.136 e. The van der Waals surface area contributed by atoms with Crippen molar-refractivity contribution >= 4 is 68.0 Å². The van der Waals surface area contributed by atoms with Gasteiger partial charge in [0.1, 0.15) is 29.8 Å². The molecule has 9 heteroatoms. The van der Waals surface area contributed by atoms with E-state index in [2.05, 4.69) is 36.4 Å². The predicted molar refractivity (Wildman–Crippen MR) is 198 cm³/mol. The molecule has 0 bridgehead atoms. The number of thiophene rings is 3. The molecule has 0 radical (unpaired) electrons. The first kappa shape index (κ1) is 32.3. The maximum Gasteiger partial charge on any atom is 0.136 e. The minimum atomic E-state index is 0.0720. The van der Waals surface area contributed by atoms with E-state index in [1.807, 2.05) is 72.4 Å². The first-order chi connectivity index (χ1) is 24.0. The van der Waals surface area contributed by atoms with Gasteiger partial charge >= 0.3 is 0 Å². The lowest BCUT2D eigenvalue weighted by Crippen LogP contribution is -2.02. The molecule has 0 saturated carbocycles. The second kappa shape index (κ2) is 14.4. The summed E-state index contributed by atoms with van der Waals surface area (Å²) in [6.45, 7) is 0. The molecule has 3 aromatic carbocycles. The van der Waals surface area contributed by atoms with Crippen LogP contribution in [-0.4, -0.2) is 11.7 Å². The Morgan fingerprint density at radius 3 is 1.41 bits per heavy atom. The Morgan fingerprint density at radius 2 is 0.980 bits per heavy atom. The van der Waals surface area contributed by atoms with Gasteiger partial charge in [0.25, 0.3) is 0 Å². The lowest BCUT2D eigenvalue weighted by Gasteiger charge is -2.04. The van der Waals surface area contributed by atoms with Crippen LogP contribution in [0.1, 0.15) is 20.9 Å². The zero-order chi connectivity index (χ0) is 34.3. The molecule has 0 atom stereocenters. The number of allylic oxidation sites excluding steroid dienone is 2. The summed E-state index contributed by atoms with van der Waals surface area (Å²) in [5.41, 5.74) is 4.41. The van der Waals surface area contributed by atoms with Crippen molar-refractivity contribution < 1.29 is 0 Å². The zero-order valence-electron chi connectivity index (χ0n) is 25.3. The number of benzene rings is 3. The van der Waals surface area contributed by atoms with Crippen molar-refractivity contribution in [2.75, 3.05) is 0 Å². The molecule has 0 unspecified atom stereocenters. The van der Waals surface area contributed by atoms with Gasteiger partial charge < -0.3 is 10.8 Å². The molecule has 49 heavy (non-hydrogen) atoms. The monoisotopic (exact) mass is 678 g/mol. The van der Waals surface area contributed by atoms with Crippen molar-refractivity contribution in [2.24, 2.45) is 0 Å². The van der Waals surface area contributed by atoms with Gasteiger partial charge in [-0.05, 0) is 63.9 Å². The van der Waals surface area contributed by atoms with Gasteiger partial charge in [-0.2, -0.15) is 21.0 Å². The molecule has 0 amide bonds. The summed E-state index contributed by atoms with van der Waals surface area (Å²) in [5, 5.41) is 57.1. The Hall–Kier alpha value is -6.64. The van der Waals surface area contributed by atoms with E-state index in [0.29, 0.717) is 16.3 Å². The largest absolute Gasteiger partial charge is 0.762 e. The molecule has 3 aromatic heterocycles. The van der Waals surface area contributed by atoms with E-state index >= 15 is 0 Å². The van der Waals surface area contributed by atoms with Gasteiger partial charge in [0.05, 0.1) is 11.1 Å². The average molecular weight is 679 g/mol. The molecular formula is C40H18N6S3-2. The van der Waals surface area contributed by atoms with Crippen LogP contribution in [-0.2, 0) is 0 Å². The first-order valence-corrected chi connectivity index (χ1v) is 17.0. The van der Waals surface area contributed by atoms with Gasteiger partial charge in [-0.3, -0.25) is 0 Å². The van der Waals surface area contributed by atoms with Crippen LogP contribution in [0.25, 0.3) is 54.0 Å². The summed E-state index contributed by atoms with van der Waals surface area (Å²) in [6, 6.07) is 42.5. The van der Waals surface area contributed by atoms with Crippen LogP contribution in [0.3, 0.4) is 0 Å². The third-order valence-corrected chi connectivity index (χ3v) is 11.1. The average Bonchev–Trinajstić information content (AvgIpc) is 3.94. The van der Waals surface area contributed by atoms with Crippen molar-refractivity contribution in [1.29, 1.82) is 21.0 Å². The Morgan fingerprint density at radius 1 is 0.490 bits per heavy atom. The molecule has 3 heterocycles. The molecule has 6 nitrogen and oxygen atoms in total. The van der Waals surface area contributed by atoms with Crippen LogP contribution < -0.4 is 9.75 Å². The van der Waals surface area contributed by atoms with Crippen LogP contribution in [0.2, 0.25) is 0 Å². The molecule has 0 spiro atoms. The van der Waals surface area contributed by atoms with E-state index in [-0.39, 0.29) is 16.7 Å². The van der Waals surface area contributed by atoms with Crippen LogP contribution in [0.15, 0.2) is 109 Å². The molecule has 6 rings (SSSR count). The third-order valence-electron chi connectivity index (χ3n) is 7.60. The number of hydrogen-bond acceptors (Lipinski definition) is 7. The van der Waals surface area contributed by atoms with Crippen molar-refractivity contribution in [3.63, 3.8) is 0 Å². The van der Waals surface area contributed by atoms with Crippen molar-refractivity contribution in [3.8, 4) is 45.2 Å². The maximum absolute atomic E-state index is 9.25. The van der Waals surface area contributed by atoms with E-state index in [1.165, 1.54) is 0 Å². The lowest BCUT2D eigenvalue weighted by molar-refractivity contribution is 1.47. The zero-order valence-corrected chi connectivity index (χ0v) is 27.7. The number of nitrogens with zero attached hydrogens (tertiary/aromatic N) is 6. The summed E-state index contributed by atoms with van der Waals surface area (Å²) in [4.78, 5) is 4.21. The van der Waals surface area contributed by atoms with Gasteiger partial charge in [0, 0.05) is 39.4 Å². The molecular weight excluding hydrogens is 661 g/mol. The van der Waals surface area contributed by atoms with E-state index in [9.17, 15) is 31.9 Å². The second-order valence-corrected chi connectivity index (χ2v) is 13.6. The minimum absolute atomic E-state index is 0.0720. The van der Waals surface area contributed by atoms with Gasteiger partial charge in [0.2, 0.25) is 0 Å². The second-order valence-electron chi connectivity index (χ2n) is 10.4. The fraction of sp³-hybridized carbons (Fsp3) is 0. The highest BCUT2D eigenvalue weighted by atomic mass is 32.1. The standard InChI is InChI=1S/C40H18N6S3/c41-19-31(20-42)25-1-7-28(8-2-25)34-13-16-37(47-34)40(38-17-14-35(48-38)29-9-3-26(4-10-29)32(21-43)22-44)39-18-15-36(49-39)30-11-5-27(6-12-30)33(23-45)24-46/h1-18H/q-2. The lowest BCUT2D eigenvalue weighted by atomic mass is 10.1. The number of hydrogen-bond donors (Lipinski definition) is 0. The molecule has 0 aliphatic rings. The summed E-state index contributed by atoms with van der Waals surface area (Å²) < 4.78 is 2.11. The summed E-state index contributed by atoms with van der Waals surface area (Å²) in [6.07, 6.45) is 0. The highest BCUT2D eigenvalue weighted by molar-refractivity contribution is 7.19. The first-order valence-electron chi connectivity index (χ1n) is 14.5. The van der Waals surface area contributed by atoms with E-state index in [4.69, 9.17) is 0 Å². The van der Waals surface area contributed by atoms with E-state index < -0.39 is 0 Å². The third kappa shape index (κ3) is 6.62. The van der Waals surface area contributed by atoms with E-state index in [0.717, 1.165) is 50.5 Å². The number of nitriles is 4. The summed E-state index contributed by atoms with van der Waals surface area (Å²) in [7, 11) is 0. The Bertz CT molecular complexity index is 2600. The molecule has 228 valence electrons. The fourth-order valence-corrected chi connectivity index (χ4v) is 8.56. The van der Waals surface area contributed by atoms with Crippen molar-refractivity contribution in [3.05, 3.63) is 160 Å². The van der Waals surface area contributed by atoms with Gasteiger partial charge in [-0.1, -0.05) is 72.8 Å². The Labute approximate surface area is 293 Å². The highest BCUT2D eigenvalue weighted by Crippen LogP contribution is 2.39.